The molecule has 0 heterocycles. The molecule has 0 saturated heterocycles. The number of aliphatic hydroxyl groups is 1. The smallest absolute Gasteiger partial charge is 0.0745 e. The molecule has 18 heavy (non-hydrogen) atoms. The first-order valence-corrected chi connectivity index (χ1v) is 7.16. The molecule has 2 aromatic rings. The van der Waals surface area contributed by atoms with Crippen LogP contribution >= 0.6 is 31.9 Å². The van der Waals surface area contributed by atoms with Gasteiger partial charge in [0, 0.05) is 14.6 Å². The topological polar surface area (TPSA) is 32.3 Å². The number of rotatable bonds is 4. The summed E-state index contributed by atoms with van der Waals surface area (Å²) in [7, 11) is 0. The van der Waals surface area contributed by atoms with E-state index in [9.17, 15) is 5.11 Å². The summed E-state index contributed by atoms with van der Waals surface area (Å²) >= 11 is 6.91. The first-order chi connectivity index (χ1) is 8.70. The molecule has 0 radical (unpaired) electrons. The third-order valence-electron chi connectivity index (χ3n) is 2.64. The van der Waals surface area contributed by atoms with Crippen LogP contribution in [-0.4, -0.2) is 11.7 Å². The molecule has 2 rings (SSSR count). The average Bonchev–Trinajstić information content (AvgIpc) is 2.40. The van der Waals surface area contributed by atoms with Crippen LogP contribution in [0.4, 0.5) is 5.69 Å². The van der Waals surface area contributed by atoms with Gasteiger partial charge in [0.2, 0.25) is 0 Å². The molecule has 1 unspecified atom stereocenters. The van der Waals surface area contributed by atoms with Crippen molar-refractivity contribution in [2.45, 2.75) is 6.04 Å². The largest absolute Gasteiger partial charge is 0.394 e. The lowest BCUT2D eigenvalue weighted by Crippen LogP contribution is -2.14. The van der Waals surface area contributed by atoms with E-state index >= 15 is 0 Å². The predicted octanol–water partition coefficient (Wildman–Crippen LogP) is 4.36. The molecule has 0 aliphatic carbocycles. The van der Waals surface area contributed by atoms with Crippen molar-refractivity contribution in [3.05, 3.63) is 63.0 Å². The zero-order valence-electron chi connectivity index (χ0n) is 9.61. The molecule has 2 aromatic carbocycles. The lowest BCUT2D eigenvalue weighted by molar-refractivity contribution is 0.276. The molecule has 0 saturated carbocycles. The quantitative estimate of drug-likeness (QED) is 0.838. The highest BCUT2D eigenvalue weighted by Gasteiger charge is 2.11. The highest BCUT2D eigenvalue weighted by molar-refractivity contribution is 9.13. The molecular formula is C14H13Br2NO. The molecule has 0 spiro atoms. The predicted molar refractivity (Wildman–Crippen MR) is 81.7 cm³/mol. The maximum absolute atomic E-state index is 9.51. The fraction of sp³-hybridized carbons (Fsp3) is 0.143. The summed E-state index contributed by atoms with van der Waals surface area (Å²) in [6.45, 7) is 0.0446. The molecule has 1 atom stereocenters. The van der Waals surface area contributed by atoms with Gasteiger partial charge in [-0.05, 0) is 61.7 Å². The molecule has 0 amide bonds. The minimum absolute atomic E-state index is 0.0446. The van der Waals surface area contributed by atoms with E-state index in [0.717, 1.165) is 20.2 Å². The van der Waals surface area contributed by atoms with Gasteiger partial charge in [-0.3, -0.25) is 0 Å². The average molecular weight is 371 g/mol. The van der Waals surface area contributed by atoms with Crippen LogP contribution < -0.4 is 5.32 Å². The summed E-state index contributed by atoms with van der Waals surface area (Å²) in [6, 6.07) is 15.7. The molecule has 94 valence electrons. The van der Waals surface area contributed by atoms with Crippen LogP contribution in [-0.2, 0) is 0 Å². The van der Waals surface area contributed by atoms with Crippen LogP contribution in [0, 0.1) is 0 Å². The van der Waals surface area contributed by atoms with E-state index in [1.807, 2.05) is 48.5 Å². The zero-order chi connectivity index (χ0) is 13.0. The third kappa shape index (κ3) is 3.34. The Balaban J connectivity index is 2.20. The van der Waals surface area contributed by atoms with Gasteiger partial charge in [0.25, 0.3) is 0 Å². The highest BCUT2D eigenvalue weighted by Crippen LogP contribution is 2.27. The first-order valence-electron chi connectivity index (χ1n) is 5.58. The Kier molecular flexibility index (Phi) is 4.80. The first kappa shape index (κ1) is 13.6. The monoisotopic (exact) mass is 369 g/mol. The van der Waals surface area contributed by atoms with Gasteiger partial charge in [0.1, 0.15) is 0 Å². The standard InChI is InChI=1S/C14H13Br2NO/c15-12-7-6-10(8-13(12)16)14(9-18)17-11-4-2-1-3-5-11/h1-8,14,17-18H,9H2. The van der Waals surface area contributed by atoms with Crippen LogP contribution in [0.3, 0.4) is 0 Å². The van der Waals surface area contributed by atoms with Crippen molar-refractivity contribution in [3.8, 4) is 0 Å². The molecule has 0 aliphatic rings. The summed E-state index contributed by atoms with van der Waals surface area (Å²) in [5.74, 6) is 0. The summed E-state index contributed by atoms with van der Waals surface area (Å²) < 4.78 is 1.98. The van der Waals surface area contributed by atoms with E-state index in [1.165, 1.54) is 0 Å². The third-order valence-corrected chi connectivity index (χ3v) is 4.52. The molecule has 0 fully saturated rings. The molecule has 2 nitrogen and oxygen atoms in total. The number of aliphatic hydroxyl groups excluding tert-OH is 1. The van der Waals surface area contributed by atoms with Crippen LogP contribution in [0.15, 0.2) is 57.5 Å². The maximum Gasteiger partial charge on any atom is 0.0745 e. The van der Waals surface area contributed by atoms with Gasteiger partial charge in [0.05, 0.1) is 12.6 Å². The summed E-state index contributed by atoms with van der Waals surface area (Å²) in [5, 5.41) is 12.8. The van der Waals surface area contributed by atoms with E-state index < -0.39 is 0 Å². The molecular weight excluding hydrogens is 358 g/mol. The van der Waals surface area contributed by atoms with E-state index in [1.54, 1.807) is 0 Å². The Hall–Kier alpha value is -0.840. The van der Waals surface area contributed by atoms with Crippen molar-refractivity contribution < 1.29 is 5.11 Å². The van der Waals surface area contributed by atoms with E-state index in [4.69, 9.17) is 0 Å². The van der Waals surface area contributed by atoms with Crippen LogP contribution in [0.25, 0.3) is 0 Å². The number of anilines is 1. The fourth-order valence-electron chi connectivity index (χ4n) is 1.70. The van der Waals surface area contributed by atoms with Crippen molar-refractivity contribution in [3.63, 3.8) is 0 Å². The minimum atomic E-state index is -0.114. The Morgan fingerprint density at radius 2 is 1.72 bits per heavy atom. The lowest BCUT2D eigenvalue weighted by atomic mass is 10.1. The van der Waals surface area contributed by atoms with Gasteiger partial charge >= 0.3 is 0 Å². The van der Waals surface area contributed by atoms with Crippen molar-refractivity contribution in [1.82, 2.24) is 0 Å². The van der Waals surface area contributed by atoms with Gasteiger partial charge in [-0.25, -0.2) is 0 Å². The number of para-hydroxylation sites is 1. The number of hydrogen-bond donors (Lipinski definition) is 2. The number of hydrogen-bond acceptors (Lipinski definition) is 2. The Bertz CT molecular complexity index is 516. The second kappa shape index (κ2) is 6.36. The Morgan fingerprint density at radius 1 is 1.00 bits per heavy atom. The van der Waals surface area contributed by atoms with E-state index in [2.05, 4.69) is 37.2 Å². The van der Waals surface area contributed by atoms with Crippen LogP contribution in [0.5, 0.6) is 0 Å². The molecule has 0 bridgehead atoms. The minimum Gasteiger partial charge on any atom is -0.394 e. The summed E-state index contributed by atoms with van der Waals surface area (Å²) in [5.41, 5.74) is 2.03. The number of halogens is 2. The van der Waals surface area contributed by atoms with Crippen molar-refractivity contribution in [1.29, 1.82) is 0 Å². The number of nitrogens with one attached hydrogen (secondary N) is 1. The second-order valence-corrected chi connectivity index (χ2v) is 5.63. The van der Waals surface area contributed by atoms with Gasteiger partial charge in [-0.1, -0.05) is 24.3 Å². The normalized spacial score (nSPS) is 12.2. The van der Waals surface area contributed by atoms with E-state index in [-0.39, 0.29) is 12.6 Å². The number of benzene rings is 2. The van der Waals surface area contributed by atoms with Crippen molar-refractivity contribution in [2.75, 3.05) is 11.9 Å². The highest BCUT2D eigenvalue weighted by atomic mass is 79.9. The van der Waals surface area contributed by atoms with E-state index in [0.29, 0.717) is 0 Å². The lowest BCUT2D eigenvalue weighted by Gasteiger charge is -2.18. The molecule has 4 heteroatoms. The molecule has 0 aromatic heterocycles. The Morgan fingerprint density at radius 3 is 2.33 bits per heavy atom. The zero-order valence-corrected chi connectivity index (χ0v) is 12.8. The SMILES string of the molecule is OCC(Nc1ccccc1)c1ccc(Br)c(Br)c1. The molecule has 2 N–H and O–H groups in total. The second-order valence-electron chi connectivity index (χ2n) is 3.92. The van der Waals surface area contributed by atoms with Crippen LogP contribution in [0.2, 0.25) is 0 Å². The van der Waals surface area contributed by atoms with Gasteiger partial charge in [0.15, 0.2) is 0 Å². The van der Waals surface area contributed by atoms with Crippen molar-refractivity contribution >= 4 is 37.5 Å². The van der Waals surface area contributed by atoms with Gasteiger partial charge < -0.3 is 10.4 Å². The summed E-state index contributed by atoms with van der Waals surface area (Å²) in [6.07, 6.45) is 0. The van der Waals surface area contributed by atoms with Gasteiger partial charge in [-0.15, -0.1) is 0 Å². The summed E-state index contributed by atoms with van der Waals surface area (Å²) in [4.78, 5) is 0. The van der Waals surface area contributed by atoms with Crippen molar-refractivity contribution in [2.24, 2.45) is 0 Å². The van der Waals surface area contributed by atoms with Crippen LogP contribution in [0.1, 0.15) is 11.6 Å². The van der Waals surface area contributed by atoms with Gasteiger partial charge in [-0.2, -0.15) is 0 Å². The molecule has 0 aliphatic heterocycles. The fourth-order valence-corrected chi connectivity index (χ4v) is 2.34. The maximum atomic E-state index is 9.51. The Labute approximate surface area is 123 Å².